The Kier molecular flexibility index (Phi) is 4.63. The summed E-state index contributed by atoms with van der Waals surface area (Å²) in [5.41, 5.74) is 0.409. The Labute approximate surface area is 156 Å². The van der Waals surface area contributed by atoms with Crippen molar-refractivity contribution in [3.05, 3.63) is 47.4 Å². The third-order valence-electron chi connectivity index (χ3n) is 5.01. The van der Waals surface area contributed by atoms with E-state index in [9.17, 15) is 17.6 Å². The first-order valence-corrected chi connectivity index (χ1v) is 10.6. The van der Waals surface area contributed by atoms with Crippen molar-refractivity contribution in [3.63, 3.8) is 0 Å². The van der Waals surface area contributed by atoms with Crippen LogP contribution in [0.25, 0.3) is 0 Å². The van der Waals surface area contributed by atoms with Crippen molar-refractivity contribution < 1.29 is 22.3 Å². The summed E-state index contributed by atoms with van der Waals surface area (Å²) in [7, 11) is -3.57. The van der Waals surface area contributed by atoms with Gasteiger partial charge in [0.25, 0.3) is 5.91 Å². The van der Waals surface area contributed by atoms with Gasteiger partial charge in [0, 0.05) is 37.7 Å². The van der Waals surface area contributed by atoms with Crippen molar-refractivity contribution in [1.29, 1.82) is 0 Å². The summed E-state index contributed by atoms with van der Waals surface area (Å²) in [4.78, 5) is 14.3. The summed E-state index contributed by atoms with van der Waals surface area (Å²) >= 11 is 0. The Morgan fingerprint density at radius 3 is 2.81 bits per heavy atom. The first kappa shape index (κ1) is 18.0. The predicted octanol–water partition coefficient (Wildman–Crippen LogP) is 1.81. The lowest BCUT2D eigenvalue weighted by Gasteiger charge is -2.18. The molecule has 2 aliphatic rings. The van der Waals surface area contributed by atoms with E-state index in [1.807, 2.05) is 0 Å². The van der Waals surface area contributed by atoms with Crippen LogP contribution in [0.15, 0.2) is 30.3 Å². The number of amides is 1. The molecule has 0 bridgehead atoms. The fourth-order valence-electron chi connectivity index (χ4n) is 3.57. The standard InChI is InChI=1S/C18H20FN3O4S/c19-14-5-2-1-4-13(14)16-6-8-21(9-11-27(16,24)25)18(23)15-12-17-22(20-15)7-3-10-26-17/h1-2,4-5,12,16H,3,6-11H2/t16-/m0/s1. The van der Waals surface area contributed by atoms with Crippen molar-refractivity contribution in [1.82, 2.24) is 14.7 Å². The number of fused-ring (bicyclic) bond motifs is 1. The molecular weight excluding hydrogens is 373 g/mol. The van der Waals surface area contributed by atoms with Gasteiger partial charge in [-0.1, -0.05) is 18.2 Å². The van der Waals surface area contributed by atoms with Gasteiger partial charge in [-0.2, -0.15) is 5.10 Å². The first-order valence-electron chi connectivity index (χ1n) is 8.91. The molecule has 2 aromatic rings. The first-order chi connectivity index (χ1) is 13.0. The fraction of sp³-hybridized carbons (Fsp3) is 0.444. The number of rotatable bonds is 2. The van der Waals surface area contributed by atoms with Gasteiger partial charge in [-0.05, 0) is 12.5 Å². The van der Waals surface area contributed by atoms with Gasteiger partial charge >= 0.3 is 0 Å². The van der Waals surface area contributed by atoms with Gasteiger partial charge in [-0.25, -0.2) is 17.5 Å². The van der Waals surface area contributed by atoms with Crippen molar-refractivity contribution in [2.45, 2.75) is 24.6 Å². The number of carbonyl (C=O) groups is 1. The topological polar surface area (TPSA) is 81.5 Å². The summed E-state index contributed by atoms with van der Waals surface area (Å²) in [6.07, 6.45) is 0.980. The Hall–Kier alpha value is -2.42. The van der Waals surface area contributed by atoms with Gasteiger partial charge in [0.15, 0.2) is 15.5 Å². The number of hydrogen-bond donors (Lipinski definition) is 0. The highest BCUT2D eigenvalue weighted by Crippen LogP contribution is 2.31. The number of ether oxygens (including phenoxy) is 1. The van der Waals surface area contributed by atoms with Crippen LogP contribution in [-0.4, -0.2) is 54.5 Å². The van der Waals surface area contributed by atoms with E-state index in [0.717, 1.165) is 6.42 Å². The van der Waals surface area contributed by atoms with Crippen molar-refractivity contribution in [2.75, 3.05) is 25.4 Å². The van der Waals surface area contributed by atoms with Crippen LogP contribution >= 0.6 is 0 Å². The van der Waals surface area contributed by atoms with Crippen LogP contribution in [0.4, 0.5) is 4.39 Å². The molecule has 3 heterocycles. The van der Waals surface area contributed by atoms with E-state index in [1.54, 1.807) is 16.8 Å². The summed E-state index contributed by atoms with van der Waals surface area (Å²) in [5.74, 6) is -0.520. The molecule has 144 valence electrons. The highest BCUT2D eigenvalue weighted by molar-refractivity contribution is 7.91. The maximum atomic E-state index is 14.1. The zero-order chi connectivity index (χ0) is 19.0. The fourth-order valence-corrected chi connectivity index (χ4v) is 5.37. The lowest BCUT2D eigenvalue weighted by atomic mass is 10.1. The number of halogens is 1. The quantitative estimate of drug-likeness (QED) is 0.777. The van der Waals surface area contributed by atoms with E-state index < -0.39 is 20.9 Å². The lowest BCUT2D eigenvalue weighted by molar-refractivity contribution is 0.0759. The highest BCUT2D eigenvalue weighted by atomic mass is 32.2. The second kappa shape index (κ2) is 6.95. The molecule has 27 heavy (non-hydrogen) atoms. The minimum atomic E-state index is -3.57. The third-order valence-corrected chi connectivity index (χ3v) is 7.11. The van der Waals surface area contributed by atoms with E-state index in [2.05, 4.69) is 5.10 Å². The minimum absolute atomic E-state index is 0.0647. The molecule has 1 aromatic heterocycles. The number of carbonyl (C=O) groups excluding carboxylic acids is 1. The van der Waals surface area contributed by atoms with Crippen LogP contribution in [0.3, 0.4) is 0 Å². The number of sulfone groups is 1. The molecule has 7 nitrogen and oxygen atoms in total. The van der Waals surface area contributed by atoms with Crippen molar-refractivity contribution in [3.8, 4) is 5.88 Å². The number of nitrogens with zero attached hydrogens (tertiary/aromatic N) is 3. The maximum Gasteiger partial charge on any atom is 0.274 e. The zero-order valence-electron chi connectivity index (χ0n) is 14.7. The van der Waals surface area contributed by atoms with E-state index in [-0.39, 0.29) is 42.4 Å². The van der Waals surface area contributed by atoms with Crippen molar-refractivity contribution in [2.24, 2.45) is 0 Å². The molecule has 0 N–H and O–H groups in total. The van der Waals surface area contributed by atoms with Crippen molar-refractivity contribution >= 4 is 15.7 Å². The Balaban J connectivity index is 1.56. The Morgan fingerprint density at radius 1 is 1.22 bits per heavy atom. The van der Waals surface area contributed by atoms with E-state index in [0.29, 0.717) is 19.0 Å². The molecule has 1 fully saturated rings. The molecule has 1 atom stereocenters. The van der Waals surface area contributed by atoms with Gasteiger partial charge in [-0.15, -0.1) is 0 Å². The molecule has 1 saturated heterocycles. The van der Waals surface area contributed by atoms with Crippen LogP contribution < -0.4 is 4.74 Å². The smallest absolute Gasteiger partial charge is 0.274 e. The van der Waals surface area contributed by atoms with Crippen LogP contribution in [0.5, 0.6) is 5.88 Å². The number of hydrogen-bond acceptors (Lipinski definition) is 5. The lowest BCUT2D eigenvalue weighted by Crippen LogP contribution is -2.34. The van der Waals surface area contributed by atoms with Gasteiger partial charge in [0.2, 0.25) is 5.88 Å². The summed E-state index contributed by atoms with van der Waals surface area (Å²) in [5, 5.41) is 3.33. The Morgan fingerprint density at radius 2 is 2.04 bits per heavy atom. The molecule has 2 aliphatic heterocycles. The summed E-state index contributed by atoms with van der Waals surface area (Å²) in [6, 6.07) is 7.50. The van der Waals surface area contributed by atoms with Gasteiger partial charge in [0.1, 0.15) is 5.82 Å². The van der Waals surface area contributed by atoms with Crippen LogP contribution in [-0.2, 0) is 16.4 Å². The summed E-state index contributed by atoms with van der Waals surface area (Å²) in [6.45, 7) is 1.56. The minimum Gasteiger partial charge on any atom is -0.478 e. The number of aryl methyl sites for hydroxylation is 1. The molecule has 0 saturated carbocycles. The average molecular weight is 393 g/mol. The highest BCUT2D eigenvalue weighted by Gasteiger charge is 2.35. The largest absolute Gasteiger partial charge is 0.478 e. The normalized spacial score (nSPS) is 21.8. The molecular formula is C18H20FN3O4S. The third kappa shape index (κ3) is 3.43. The molecule has 9 heteroatoms. The maximum absolute atomic E-state index is 14.1. The van der Waals surface area contributed by atoms with Crippen LogP contribution in [0.2, 0.25) is 0 Å². The summed E-state index contributed by atoms with van der Waals surface area (Å²) < 4.78 is 46.6. The SMILES string of the molecule is O=C(c1cc2n(n1)CCCO2)N1CC[C@@H](c2ccccc2F)S(=O)(=O)CC1. The zero-order valence-corrected chi connectivity index (χ0v) is 15.5. The Bertz CT molecular complexity index is 949. The van der Waals surface area contributed by atoms with Gasteiger partial charge < -0.3 is 9.64 Å². The van der Waals surface area contributed by atoms with Crippen LogP contribution in [0.1, 0.15) is 34.1 Å². The molecule has 4 rings (SSSR count). The predicted molar refractivity (Wildman–Crippen MR) is 95.8 cm³/mol. The van der Waals surface area contributed by atoms with Gasteiger partial charge in [-0.3, -0.25) is 4.79 Å². The molecule has 0 unspecified atom stereocenters. The molecule has 1 aromatic carbocycles. The van der Waals surface area contributed by atoms with E-state index >= 15 is 0 Å². The second-order valence-electron chi connectivity index (χ2n) is 6.75. The molecule has 0 spiro atoms. The number of aromatic nitrogens is 2. The molecule has 0 radical (unpaired) electrons. The monoisotopic (exact) mass is 393 g/mol. The van der Waals surface area contributed by atoms with E-state index in [4.69, 9.17) is 4.74 Å². The van der Waals surface area contributed by atoms with E-state index in [1.165, 1.54) is 23.1 Å². The molecule has 1 amide bonds. The van der Waals surface area contributed by atoms with Gasteiger partial charge in [0.05, 0.1) is 17.6 Å². The number of benzene rings is 1. The average Bonchev–Trinajstić information content (AvgIpc) is 3.02. The molecule has 0 aliphatic carbocycles. The van der Waals surface area contributed by atoms with Crippen LogP contribution in [0, 0.1) is 5.82 Å². The second-order valence-corrected chi connectivity index (χ2v) is 9.05.